The smallest absolute Gasteiger partial charge is 0.194 e. The molecular formula is C29H32ClNO. The van der Waals surface area contributed by atoms with E-state index in [1.165, 1.54) is 5.56 Å². The van der Waals surface area contributed by atoms with Crippen LogP contribution in [-0.4, -0.2) is 11.4 Å². The van der Waals surface area contributed by atoms with Crippen molar-refractivity contribution in [3.05, 3.63) is 112 Å². The highest BCUT2D eigenvalue weighted by molar-refractivity contribution is 6.30. The number of ether oxygens (including phenoxy) is 1. The number of halogens is 1. The Balaban J connectivity index is 1.78. The van der Waals surface area contributed by atoms with Crippen LogP contribution in [0.4, 0.5) is 0 Å². The first-order chi connectivity index (χ1) is 15.3. The van der Waals surface area contributed by atoms with Crippen LogP contribution in [0, 0.1) is 0 Å². The lowest BCUT2D eigenvalue weighted by atomic mass is 9.87. The molecule has 3 aromatic rings. The van der Waals surface area contributed by atoms with Crippen molar-refractivity contribution in [2.75, 3.05) is 6.54 Å². The average Bonchev–Trinajstić information content (AvgIpc) is 3.02. The van der Waals surface area contributed by atoms with Gasteiger partial charge in [-0.3, -0.25) is 0 Å². The Kier molecular flexibility index (Phi) is 6.20. The van der Waals surface area contributed by atoms with Gasteiger partial charge in [-0.15, -0.1) is 0 Å². The van der Waals surface area contributed by atoms with E-state index in [0.717, 1.165) is 40.9 Å². The number of nitrogens with zero attached hydrogens (tertiary/aromatic N) is 1. The molecule has 0 radical (unpaired) electrons. The number of hydrogen-bond donors (Lipinski definition) is 0. The SMILES string of the molecule is C=C1c2ccccc2C(OCc2ccc(C(C)(C)C)cc2)(c2ccc(Cl)cc2)N1CCC. The first-order valence-corrected chi connectivity index (χ1v) is 11.7. The number of hydrogen-bond acceptors (Lipinski definition) is 2. The normalized spacial score (nSPS) is 18.2. The van der Waals surface area contributed by atoms with Crippen LogP contribution in [0.2, 0.25) is 5.02 Å². The fourth-order valence-corrected chi connectivity index (χ4v) is 4.67. The highest BCUT2D eigenvalue weighted by Gasteiger charge is 2.49. The first-order valence-electron chi connectivity index (χ1n) is 11.3. The number of rotatable bonds is 6. The Morgan fingerprint density at radius 2 is 1.59 bits per heavy atom. The van der Waals surface area contributed by atoms with Crippen LogP contribution in [0.25, 0.3) is 5.70 Å². The van der Waals surface area contributed by atoms with Gasteiger partial charge in [0.25, 0.3) is 0 Å². The lowest BCUT2D eigenvalue weighted by Gasteiger charge is -2.41. The quantitative estimate of drug-likeness (QED) is 0.384. The highest BCUT2D eigenvalue weighted by atomic mass is 35.5. The van der Waals surface area contributed by atoms with E-state index < -0.39 is 5.72 Å². The molecule has 2 nitrogen and oxygen atoms in total. The molecule has 1 heterocycles. The van der Waals surface area contributed by atoms with Gasteiger partial charge in [-0.2, -0.15) is 0 Å². The van der Waals surface area contributed by atoms with Gasteiger partial charge in [0.05, 0.1) is 6.61 Å². The lowest BCUT2D eigenvalue weighted by Crippen LogP contribution is -2.44. The van der Waals surface area contributed by atoms with Crippen LogP contribution >= 0.6 is 11.6 Å². The van der Waals surface area contributed by atoms with Gasteiger partial charge in [0.2, 0.25) is 0 Å². The van der Waals surface area contributed by atoms with Gasteiger partial charge >= 0.3 is 0 Å². The second-order valence-electron chi connectivity index (χ2n) is 9.53. The minimum Gasteiger partial charge on any atom is -0.342 e. The van der Waals surface area contributed by atoms with Gasteiger partial charge in [0.15, 0.2) is 5.72 Å². The van der Waals surface area contributed by atoms with Crippen LogP contribution in [0.1, 0.15) is 61.9 Å². The van der Waals surface area contributed by atoms with E-state index in [2.05, 4.69) is 99.8 Å². The predicted octanol–water partition coefficient (Wildman–Crippen LogP) is 7.75. The van der Waals surface area contributed by atoms with E-state index in [4.69, 9.17) is 16.3 Å². The van der Waals surface area contributed by atoms with Crippen molar-refractivity contribution in [1.82, 2.24) is 4.90 Å². The molecule has 32 heavy (non-hydrogen) atoms. The average molecular weight is 446 g/mol. The molecule has 0 aromatic heterocycles. The molecule has 4 rings (SSSR count). The molecule has 3 aromatic carbocycles. The van der Waals surface area contributed by atoms with Crippen molar-refractivity contribution in [2.45, 2.75) is 51.9 Å². The fraction of sp³-hybridized carbons (Fsp3) is 0.310. The summed E-state index contributed by atoms with van der Waals surface area (Å²) < 4.78 is 6.91. The Labute approximate surface area is 197 Å². The molecule has 1 atom stereocenters. The molecule has 1 aliphatic rings. The van der Waals surface area contributed by atoms with Crippen molar-refractivity contribution in [3.63, 3.8) is 0 Å². The summed E-state index contributed by atoms with van der Waals surface area (Å²) in [7, 11) is 0. The van der Waals surface area contributed by atoms with Crippen molar-refractivity contribution in [3.8, 4) is 0 Å². The molecular weight excluding hydrogens is 414 g/mol. The van der Waals surface area contributed by atoms with E-state index in [0.29, 0.717) is 11.6 Å². The van der Waals surface area contributed by atoms with E-state index >= 15 is 0 Å². The highest BCUT2D eigenvalue weighted by Crippen LogP contribution is 2.50. The molecule has 0 saturated carbocycles. The topological polar surface area (TPSA) is 12.5 Å². The standard InChI is InChI=1S/C29H32ClNO/c1-6-19-31-21(2)26-9-7-8-10-27(26)29(31,24-15-17-25(30)18-16-24)32-20-22-11-13-23(14-12-22)28(3,4)5/h7-18H,2,6,19-20H2,1,3-5H3. The molecule has 0 amide bonds. The summed E-state index contributed by atoms with van der Waals surface area (Å²) >= 11 is 6.24. The predicted molar refractivity (Wildman–Crippen MR) is 135 cm³/mol. The van der Waals surface area contributed by atoms with Crippen LogP contribution in [0.3, 0.4) is 0 Å². The minimum atomic E-state index is -0.739. The number of benzene rings is 3. The first kappa shape index (κ1) is 22.6. The van der Waals surface area contributed by atoms with Gasteiger partial charge in [-0.05, 0) is 35.1 Å². The van der Waals surface area contributed by atoms with Gasteiger partial charge in [0.1, 0.15) is 0 Å². The van der Waals surface area contributed by atoms with Crippen LogP contribution in [0.5, 0.6) is 0 Å². The fourth-order valence-electron chi connectivity index (χ4n) is 4.54. The zero-order chi connectivity index (χ0) is 22.9. The lowest BCUT2D eigenvalue weighted by molar-refractivity contribution is -0.111. The van der Waals surface area contributed by atoms with Gasteiger partial charge in [0, 0.05) is 34.0 Å². The maximum atomic E-state index is 6.91. The summed E-state index contributed by atoms with van der Waals surface area (Å²) in [5, 5.41) is 0.716. The Morgan fingerprint density at radius 1 is 0.938 bits per heavy atom. The minimum absolute atomic E-state index is 0.129. The zero-order valence-corrected chi connectivity index (χ0v) is 20.2. The largest absolute Gasteiger partial charge is 0.342 e. The third kappa shape index (κ3) is 3.98. The Hall–Kier alpha value is -2.55. The summed E-state index contributed by atoms with van der Waals surface area (Å²) in [4.78, 5) is 2.31. The molecule has 3 heteroatoms. The van der Waals surface area contributed by atoms with E-state index in [1.807, 2.05) is 12.1 Å². The molecule has 0 spiro atoms. The maximum Gasteiger partial charge on any atom is 0.194 e. The molecule has 1 unspecified atom stereocenters. The van der Waals surface area contributed by atoms with Crippen molar-refractivity contribution in [2.24, 2.45) is 0 Å². The van der Waals surface area contributed by atoms with Crippen molar-refractivity contribution >= 4 is 17.3 Å². The Morgan fingerprint density at radius 3 is 2.22 bits per heavy atom. The molecule has 166 valence electrons. The van der Waals surface area contributed by atoms with E-state index in [1.54, 1.807) is 0 Å². The van der Waals surface area contributed by atoms with Crippen LogP contribution < -0.4 is 0 Å². The molecule has 1 aliphatic heterocycles. The van der Waals surface area contributed by atoms with E-state index in [-0.39, 0.29) is 5.41 Å². The van der Waals surface area contributed by atoms with Crippen LogP contribution in [0.15, 0.2) is 79.4 Å². The third-order valence-corrected chi connectivity index (χ3v) is 6.51. The molecule has 0 bridgehead atoms. The van der Waals surface area contributed by atoms with Gasteiger partial charge in [-0.25, -0.2) is 0 Å². The molecule has 0 fully saturated rings. The summed E-state index contributed by atoms with van der Waals surface area (Å²) in [5.74, 6) is 0. The van der Waals surface area contributed by atoms with Crippen LogP contribution in [-0.2, 0) is 22.5 Å². The second kappa shape index (κ2) is 8.77. The summed E-state index contributed by atoms with van der Waals surface area (Å²) in [6, 6.07) is 25.2. The second-order valence-corrected chi connectivity index (χ2v) is 9.97. The van der Waals surface area contributed by atoms with Gasteiger partial charge in [-0.1, -0.05) is 107 Å². The maximum absolute atomic E-state index is 6.91. The summed E-state index contributed by atoms with van der Waals surface area (Å²) in [6.45, 7) is 14.7. The molecule has 0 saturated heterocycles. The van der Waals surface area contributed by atoms with Crippen molar-refractivity contribution in [1.29, 1.82) is 0 Å². The monoisotopic (exact) mass is 445 g/mol. The summed E-state index contributed by atoms with van der Waals surface area (Å²) in [5.41, 5.74) is 6.19. The number of fused-ring (bicyclic) bond motifs is 1. The Bertz CT molecular complexity index is 1100. The summed E-state index contributed by atoms with van der Waals surface area (Å²) in [6.07, 6.45) is 0.992. The zero-order valence-electron chi connectivity index (χ0n) is 19.5. The van der Waals surface area contributed by atoms with E-state index in [9.17, 15) is 0 Å². The van der Waals surface area contributed by atoms with Gasteiger partial charge < -0.3 is 9.64 Å². The molecule has 0 aliphatic carbocycles. The third-order valence-electron chi connectivity index (χ3n) is 6.26. The molecule has 0 N–H and O–H groups in total. The van der Waals surface area contributed by atoms with Crippen molar-refractivity contribution < 1.29 is 4.74 Å².